The fourth-order valence-corrected chi connectivity index (χ4v) is 2.24. The molecule has 0 unspecified atom stereocenters. The first-order valence-corrected chi connectivity index (χ1v) is 4.87. The third-order valence-electron chi connectivity index (χ3n) is 1.47. The van der Waals surface area contributed by atoms with Crippen molar-refractivity contribution in [2.24, 2.45) is 0 Å². The van der Waals surface area contributed by atoms with Gasteiger partial charge in [0, 0.05) is 0 Å². The quantitative estimate of drug-likeness (QED) is 0.439. The lowest BCUT2D eigenvalue weighted by atomic mass is 10.1. The highest BCUT2D eigenvalue weighted by Gasteiger charge is 2.18. The molecule has 0 aliphatic heterocycles. The SMILES string of the molecule is CC(=O)c1c(F)cc(Br)c(F)c1Br. The van der Waals surface area contributed by atoms with E-state index in [9.17, 15) is 13.6 Å². The smallest absolute Gasteiger partial charge is 0.163 e. The molecule has 0 atom stereocenters. The highest BCUT2D eigenvalue weighted by molar-refractivity contribution is 9.11. The lowest BCUT2D eigenvalue weighted by molar-refractivity contribution is 0.101. The van der Waals surface area contributed by atoms with Crippen molar-refractivity contribution >= 4 is 37.6 Å². The van der Waals surface area contributed by atoms with Gasteiger partial charge in [-0.05, 0) is 44.8 Å². The van der Waals surface area contributed by atoms with Gasteiger partial charge in [-0.2, -0.15) is 0 Å². The van der Waals surface area contributed by atoms with Crippen molar-refractivity contribution in [3.63, 3.8) is 0 Å². The zero-order valence-electron chi connectivity index (χ0n) is 6.50. The average Bonchev–Trinajstić information content (AvgIpc) is 1.99. The molecule has 13 heavy (non-hydrogen) atoms. The van der Waals surface area contributed by atoms with E-state index in [2.05, 4.69) is 31.9 Å². The van der Waals surface area contributed by atoms with Crippen molar-refractivity contribution in [3.05, 3.63) is 32.2 Å². The number of ketones is 1. The Morgan fingerprint density at radius 2 is 1.92 bits per heavy atom. The average molecular weight is 314 g/mol. The second-order valence-electron chi connectivity index (χ2n) is 2.40. The van der Waals surface area contributed by atoms with Crippen LogP contribution in [0.3, 0.4) is 0 Å². The summed E-state index contributed by atoms with van der Waals surface area (Å²) in [5.41, 5.74) is -0.263. The summed E-state index contributed by atoms with van der Waals surface area (Å²) in [5.74, 6) is -1.94. The summed E-state index contributed by atoms with van der Waals surface area (Å²) in [6, 6.07) is 0.927. The Morgan fingerprint density at radius 3 is 2.38 bits per heavy atom. The van der Waals surface area contributed by atoms with Crippen LogP contribution in [-0.2, 0) is 0 Å². The van der Waals surface area contributed by atoms with Crippen LogP contribution in [0.5, 0.6) is 0 Å². The van der Waals surface area contributed by atoms with E-state index >= 15 is 0 Å². The van der Waals surface area contributed by atoms with Crippen LogP contribution in [0.1, 0.15) is 17.3 Å². The maximum atomic E-state index is 13.1. The predicted molar refractivity (Wildman–Crippen MR) is 51.8 cm³/mol. The molecule has 0 saturated carbocycles. The Bertz CT molecular complexity index is 377. The van der Waals surface area contributed by atoms with Crippen LogP contribution >= 0.6 is 31.9 Å². The van der Waals surface area contributed by atoms with Gasteiger partial charge in [0.25, 0.3) is 0 Å². The van der Waals surface area contributed by atoms with Crippen molar-refractivity contribution in [2.75, 3.05) is 0 Å². The summed E-state index contributed by atoms with van der Waals surface area (Å²) in [4.78, 5) is 10.9. The number of halogens is 4. The molecule has 0 fully saturated rings. The number of rotatable bonds is 1. The van der Waals surface area contributed by atoms with Crippen LogP contribution in [0.4, 0.5) is 8.78 Å². The first-order chi connectivity index (χ1) is 5.95. The molecule has 1 aromatic carbocycles. The molecule has 0 amide bonds. The van der Waals surface area contributed by atoms with Crippen LogP contribution in [0.15, 0.2) is 15.0 Å². The molecule has 0 spiro atoms. The van der Waals surface area contributed by atoms with Crippen molar-refractivity contribution in [3.8, 4) is 0 Å². The highest BCUT2D eigenvalue weighted by Crippen LogP contribution is 2.29. The summed E-state index contributed by atoms with van der Waals surface area (Å²) in [6.45, 7) is 1.18. The molecule has 1 nitrogen and oxygen atoms in total. The normalized spacial score (nSPS) is 10.2. The standard InChI is InChI=1S/C8H4Br2F2O/c1-3(13)6-5(11)2-4(9)8(12)7(6)10/h2H,1H3. The second-order valence-corrected chi connectivity index (χ2v) is 4.05. The molecule has 0 N–H and O–H groups in total. The Balaban J connectivity index is 3.53. The molecule has 0 heterocycles. The Hall–Kier alpha value is -0.290. The zero-order valence-corrected chi connectivity index (χ0v) is 9.67. The summed E-state index contributed by atoms with van der Waals surface area (Å²) in [6.07, 6.45) is 0. The van der Waals surface area contributed by atoms with Gasteiger partial charge < -0.3 is 0 Å². The van der Waals surface area contributed by atoms with Gasteiger partial charge in [0.2, 0.25) is 0 Å². The molecule has 0 radical (unpaired) electrons. The fraction of sp³-hybridized carbons (Fsp3) is 0.125. The summed E-state index contributed by atoms with van der Waals surface area (Å²) < 4.78 is 26.1. The van der Waals surface area contributed by atoms with E-state index in [0.29, 0.717) is 0 Å². The van der Waals surface area contributed by atoms with Crippen LogP contribution in [0, 0.1) is 11.6 Å². The van der Waals surface area contributed by atoms with Crippen molar-refractivity contribution < 1.29 is 13.6 Å². The van der Waals surface area contributed by atoms with E-state index < -0.39 is 17.4 Å². The Labute approximate surface area is 90.4 Å². The molecule has 0 bridgehead atoms. The molecule has 70 valence electrons. The number of benzene rings is 1. The lowest BCUT2D eigenvalue weighted by Crippen LogP contribution is -2.01. The number of hydrogen-bond acceptors (Lipinski definition) is 1. The molecular weight excluding hydrogens is 310 g/mol. The van der Waals surface area contributed by atoms with Crippen molar-refractivity contribution in [2.45, 2.75) is 6.92 Å². The van der Waals surface area contributed by atoms with Gasteiger partial charge in [-0.25, -0.2) is 8.78 Å². The largest absolute Gasteiger partial charge is 0.294 e. The van der Waals surface area contributed by atoms with E-state index in [4.69, 9.17) is 0 Å². The monoisotopic (exact) mass is 312 g/mol. The van der Waals surface area contributed by atoms with Gasteiger partial charge in [0.05, 0.1) is 14.5 Å². The summed E-state index contributed by atoms with van der Waals surface area (Å²) in [5, 5.41) is 0. The Morgan fingerprint density at radius 1 is 1.38 bits per heavy atom. The summed E-state index contributed by atoms with van der Waals surface area (Å²) in [7, 11) is 0. The minimum Gasteiger partial charge on any atom is -0.294 e. The molecule has 0 saturated heterocycles. The van der Waals surface area contributed by atoms with Crippen molar-refractivity contribution in [1.82, 2.24) is 0 Å². The molecule has 5 heteroatoms. The van der Waals surface area contributed by atoms with Gasteiger partial charge in [-0.1, -0.05) is 0 Å². The van der Waals surface area contributed by atoms with Gasteiger partial charge in [-0.15, -0.1) is 0 Å². The van der Waals surface area contributed by atoms with Crippen molar-refractivity contribution in [1.29, 1.82) is 0 Å². The first-order valence-electron chi connectivity index (χ1n) is 3.29. The minimum atomic E-state index is -0.743. The number of carbonyl (C=O) groups excluding carboxylic acids is 1. The van der Waals surface area contributed by atoms with Crippen LogP contribution < -0.4 is 0 Å². The maximum absolute atomic E-state index is 13.1. The van der Waals surface area contributed by atoms with E-state index in [1.807, 2.05) is 0 Å². The molecule has 1 rings (SSSR count). The maximum Gasteiger partial charge on any atom is 0.163 e. The van der Waals surface area contributed by atoms with Gasteiger partial charge in [-0.3, -0.25) is 4.79 Å². The topological polar surface area (TPSA) is 17.1 Å². The third kappa shape index (κ3) is 1.96. The molecule has 0 aliphatic rings. The van der Waals surface area contributed by atoms with Crippen LogP contribution in [0.2, 0.25) is 0 Å². The molecule has 0 aromatic heterocycles. The molecular formula is C8H4Br2F2O. The van der Waals surface area contributed by atoms with Gasteiger partial charge >= 0.3 is 0 Å². The number of Topliss-reactive ketones (excluding diaryl/α,β-unsaturated/α-hetero) is 1. The first kappa shape index (κ1) is 10.8. The third-order valence-corrected chi connectivity index (χ3v) is 2.79. The van der Waals surface area contributed by atoms with Crippen LogP contribution in [0.25, 0.3) is 0 Å². The minimum absolute atomic E-state index is 0.0122. The summed E-state index contributed by atoms with van der Waals surface area (Å²) >= 11 is 5.64. The predicted octanol–water partition coefficient (Wildman–Crippen LogP) is 3.69. The van der Waals surface area contributed by atoms with E-state index in [1.54, 1.807) is 0 Å². The highest BCUT2D eigenvalue weighted by atomic mass is 79.9. The Kier molecular flexibility index (Phi) is 3.18. The zero-order chi connectivity index (χ0) is 10.2. The second kappa shape index (κ2) is 3.84. The van der Waals surface area contributed by atoms with Crippen LogP contribution in [-0.4, -0.2) is 5.78 Å². The molecule has 0 aliphatic carbocycles. The fourth-order valence-electron chi connectivity index (χ4n) is 0.889. The van der Waals surface area contributed by atoms with E-state index in [-0.39, 0.29) is 14.5 Å². The number of carbonyl (C=O) groups is 1. The molecule has 1 aromatic rings. The van der Waals surface area contributed by atoms with Gasteiger partial charge in [0.15, 0.2) is 11.6 Å². The van der Waals surface area contributed by atoms with Gasteiger partial charge in [0.1, 0.15) is 5.82 Å². The van der Waals surface area contributed by atoms with E-state index in [1.165, 1.54) is 6.92 Å². The van der Waals surface area contributed by atoms with E-state index in [0.717, 1.165) is 6.07 Å². The number of hydrogen-bond donors (Lipinski definition) is 0. The lowest BCUT2D eigenvalue weighted by Gasteiger charge is -2.04.